The molecule has 0 fully saturated rings. The van der Waals surface area contributed by atoms with Crippen LogP contribution in [-0.4, -0.2) is 34.3 Å². The number of nitrogens with zero attached hydrogens (tertiary/aromatic N) is 2. The number of nitrogens with one attached hydrogen (secondary N) is 1. The SMILES string of the molecule is CCCOc1cc(NC(C)CCO)ncn1. The summed E-state index contributed by atoms with van der Waals surface area (Å²) in [5.74, 6) is 1.30. The van der Waals surface area contributed by atoms with E-state index in [0.717, 1.165) is 12.2 Å². The lowest BCUT2D eigenvalue weighted by atomic mass is 10.2. The van der Waals surface area contributed by atoms with E-state index in [1.54, 1.807) is 6.07 Å². The Labute approximate surface area is 95.9 Å². The second-order valence-electron chi connectivity index (χ2n) is 3.65. The fraction of sp³-hybridized carbons (Fsp3) is 0.636. The summed E-state index contributed by atoms with van der Waals surface area (Å²) in [4.78, 5) is 8.09. The van der Waals surface area contributed by atoms with Crippen molar-refractivity contribution >= 4 is 5.82 Å². The fourth-order valence-electron chi connectivity index (χ4n) is 1.22. The van der Waals surface area contributed by atoms with Crippen LogP contribution >= 0.6 is 0 Å². The molecule has 0 spiro atoms. The fourth-order valence-corrected chi connectivity index (χ4v) is 1.22. The van der Waals surface area contributed by atoms with Crippen molar-refractivity contribution in [1.82, 2.24) is 9.97 Å². The van der Waals surface area contributed by atoms with E-state index in [2.05, 4.69) is 15.3 Å². The standard InChI is InChI=1S/C11H19N3O2/c1-3-6-16-11-7-10(12-8-13-11)14-9(2)4-5-15/h7-9,15H,3-6H2,1-2H3,(H,12,13,14). The molecule has 0 saturated heterocycles. The number of hydrogen-bond donors (Lipinski definition) is 2. The van der Waals surface area contributed by atoms with Gasteiger partial charge in [0.1, 0.15) is 12.1 Å². The highest BCUT2D eigenvalue weighted by atomic mass is 16.5. The van der Waals surface area contributed by atoms with Gasteiger partial charge in [-0.25, -0.2) is 9.97 Å². The van der Waals surface area contributed by atoms with Crippen LogP contribution in [0.5, 0.6) is 5.88 Å². The normalized spacial score (nSPS) is 12.2. The van der Waals surface area contributed by atoms with Crippen molar-refractivity contribution in [1.29, 1.82) is 0 Å². The second-order valence-corrected chi connectivity index (χ2v) is 3.65. The predicted molar refractivity (Wildman–Crippen MR) is 62.6 cm³/mol. The summed E-state index contributed by atoms with van der Waals surface area (Å²) in [5, 5.41) is 12.0. The molecule has 1 unspecified atom stereocenters. The van der Waals surface area contributed by atoms with Gasteiger partial charge in [-0.2, -0.15) is 0 Å². The highest BCUT2D eigenvalue weighted by molar-refractivity contribution is 5.37. The Morgan fingerprint density at radius 1 is 1.50 bits per heavy atom. The Morgan fingerprint density at radius 3 is 3.00 bits per heavy atom. The molecule has 0 amide bonds. The zero-order valence-electron chi connectivity index (χ0n) is 9.81. The lowest BCUT2D eigenvalue weighted by Gasteiger charge is -2.13. The first-order valence-electron chi connectivity index (χ1n) is 5.58. The van der Waals surface area contributed by atoms with Crippen LogP contribution in [0.1, 0.15) is 26.7 Å². The Balaban J connectivity index is 2.52. The van der Waals surface area contributed by atoms with Gasteiger partial charge in [-0.05, 0) is 19.8 Å². The molecule has 2 N–H and O–H groups in total. The van der Waals surface area contributed by atoms with Crippen molar-refractivity contribution < 1.29 is 9.84 Å². The number of anilines is 1. The smallest absolute Gasteiger partial charge is 0.218 e. The van der Waals surface area contributed by atoms with E-state index in [4.69, 9.17) is 9.84 Å². The highest BCUT2D eigenvalue weighted by Crippen LogP contribution is 2.12. The molecule has 0 bridgehead atoms. The third kappa shape index (κ3) is 4.44. The van der Waals surface area contributed by atoms with Crippen LogP contribution < -0.4 is 10.1 Å². The molecule has 5 heteroatoms. The zero-order chi connectivity index (χ0) is 11.8. The molecule has 1 aromatic rings. The maximum atomic E-state index is 8.79. The van der Waals surface area contributed by atoms with Crippen LogP contribution in [0.4, 0.5) is 5.82 Å². The number of aliphatic hydroxyl groups is 1. The number of hydrogen-bond acceptors (Lipinski definition) is 5. The van der Waals surface area contributed by atoms with Gasteiger partial charge < -0.3 is 15.2 Å². The third-order valence-electron chi connectivity index (χ3n) is 2.05. The van der Waals surface area contributed by atoms with Crippen LogP contribution in [0, 0.1) is 0 Å². The Hall–Kier alpha value is -1.36. The molecule has 0 aromatic carbocycles. The van der Waals surface area contributed by atoms with Crippen LogP contribution in [0.25, 0.3) is 0 Å². The molecule has 1 heterocycles. The van der Waals surface area contributed by atoms with Crippen LogP contribution in [0.2, 0.25) is 0 Å². The van der Waals surface area contributed by atoms with Crippen molar-refractivity contribution in [3.8, 4) is 5.88 Å². The van der Waals surface area contributed by atoms with Crippen molar-refractivity contribution in [2.75, 3.05) is 18.5 Å². The molecule has 1 atom stereocenters. The van der Waals surface area contributed by atoms with Crippen molar-refractivity contribution in [3.05, 3.63) is 12.4 Å². The van der Waals surface area contributed by atoms with Gasteiger partial charge in [0.05, 0.1) is 6.61 Å². The average Bonchev–Trinajstić information content (AvgIpc) is 2.27. The summed E-state index contributed by atoms with van der Waals surface area (Å²) in [7, 11) is 0. The minimum Gasteiger partial charge on any atom is -0.478 e. The van der Waals surface area contributed by atoms with Gasteiger partial charge in [-0.15, -0.1) is 0 Å². The lowest BCUT2D eigenvalue weighted by Crippen LogP contribution is -2.17. The van der Waals surface area contributed by atoms with Crippen molar-refractivity contribution in [3.63, 3.8) is 0 Å². The molecule has 1 aromatic heterocycles. The van der Waals surface area contributed by atoms with Gasteiger partial charge >= 0.3 is 0 Å². The molecular weight excluding hydrogens is 206 g/mol. The Morgan fingerprint density at radius 2 is 2.31 bits per heavy atom. The first-order valence-corrected chi connectivity index (χ1v) is 5.58. The summed E-state index contributed by atoms with van der Waals surface area (Å²) in [6.45, 7) is 4.86. The Kier molecular flexibility index (Phi) is 5.56. The number of aromatic nitrogens is 2. The Bertz CT molecular complexity index is 307. The maximum absolute atomic E-state index is 8.79. The average molecular weight is 225 g/mol. The quantitative estimate of drug-likeness (QED) is 0.735. The monoisotopic (exact) mass is 225 g/mol. The number of rotatable bonds is 7. The molecule has 0 aliphatic rings. The van der Waals surface area contributed by atoms with Gasteiger partial charge in [-0.3, -0.25) is 0 Å². The van der Waals surface area contributed by atoms with E-state index >= 15 is 0 Å². The van der Waals surface area contributed by atoms with Gasteiger partial charge in [0.2, 0.25) is 5.88 Å². The molecule has 1 rings (SSSR count). The largest absolute Gasteiger partial charge is 0.478 e. The minimum absolute atomic E-state index is 0.165. The first kappa shape index (κ1) is 12.7. The van der Waals surface area contributed by atoms with E-state index in [0.29, 0.717) is 18.9 Å². The van der Waals surface area contributed by atoms with Crippen molar-refractivity contribution in [2.45, 2.75) is 32.7 Å². The summed E-state index contributed by atoms with van der Waals surface area (Å²) < 4.78 is 5.40. The second kappa shape index (κ2) is 7.00. The molecule has 16 heavy (non-hydrogen) atoms. The van der Waals surface area contributed by atoms with Gasteiger partial charge in [-0.1, -0.05) is 6.92 Å². The number of aliphatic hydroxyl groups excluding tert-OH is 1. The first-order chi connectivity index (χ1) is 7.76. The summed E-state index contributed by atoms with van der Waals surface area (Å²) in [6.07, 6.45) is 3.11. The van der Waals surface area contributed by atoms with Crippen LogP contribution in [0.3, 0.4) is 0 Å². The highest BCUT2D eigenvalue weighted by Gasteiger charge is 2.03. The van der Waals surface area contributed by atoms with E-state index in [-0.39, 0.29) is 12.6 Å². The summed E-state index contributed by atoms with van der Waals surface area (Å²) in [5.41, 5.74) is 0. The van der Waals surface area contributed by atoms with Crippen molar-refractivity contribution in [2.24, 2.45) is 0 Å². The lowest BCUT2D eigenvalue weighted by molar-refractivity contribution is 0.282. The molecular formula is C11H19N3O2. The summed E-state index contributed by atoms with van der Waals surface area (Å²) >= 11 is 0. The van der Waals surface area contributed by atoms with Gasteiger partial charge in [0.15, 0.2) is 0 Å². The molecule has 0 radical (unpaired) electrons. The molecule has 0 saturated carbocycles. The van der Waals surface area contributed by atoms with Gasteiger partial charge in [0, 0.05) is 18.7 Å². The van der Waals surface area contributed by atoms with Gasteiger partial charge in [0.25, 0.3) is 0 Å². The zero-order valence-corrected chi connectivity index (χ0v) is 9.81. The topological polar surface area (TPSA) is 67.3 Å². The minimum atomic E-state index is 0.165. The van der Waals surface area contributed by atoms with E-state index < -0.39 is 0 Å². The van der Waals surface area contributed by atoms with Crippen LogP contribution in [-0.2, 0) is 0 Å². The van der Waals surface area contributed by atoms with E-state index in [9.17, 15) is 0 Å². The maximum Gasteiger partial charge on any atom is 0.218 e. The molecule has 0 aliphatic heterocycles. The molecule has 5 nitrogen and oxygen atoms in total. The van der Waals surface area contributed by atoms with E-state index in [1.165, 1.54) is 6.33 Å². The van der Waals surface area contributed by atoms with E-state index in [1.807, 2.05) is 13.8 Å². The number of ether oxygens (including phenoxy) is 1. The molecule has 90 valence electrons. The summed E-state index contributed by atoms with van der Waals surface area (Å²) in [6, 6.07) is 1.95. The van der Waals surface area contributed by atoms with Crippen LogP contribution in [0.15, 0.2) is 12.4 Å². The third-order valence-corrected chi connectivity index (χ3v) is 2.05. The molecule has 0 aliphatic carbocycles. The predicted octanol–water partition coefficient (Wildman–Crippen LogP) is 1.45.